The van der Waals surface area contributed by atoms with Crippen LogP contribution < -0.4 is 0 Å². The number of carboxylic acids is 1. The first-order valence-corrected chi connectivity index (χ1v) is 8.43. The smallest absolute Gasteiger partial charge is 0.371 e. The Morgan fingerprint density at radius 2 is 1.38 bits per heavy atom. The molecule has 5 nitrogen and oxygen atoms in total. The van der Waals surface area contributed by atoms with Gasteiger partial charge in [-0.15, -0.1) is 0 Å². The van der Waals surface area contributed by atoms with E-state index >= 15 is 0 Å². The Morgan fingerprint density at radius 1 is 0.962 bits per heavy atom. The van der Waals surface area contributed by atoms with Crippen LogP contribution in [0.5, 0.6) is 0 Å². The average Bonchev–Trinajstić information content (AvgIpc) is 2.61. The molecular formula is C19H17Cl2NO4. The third-order valence-electron chi connectivity index (χ3n) is 3.86. The minimum absolute atomic E-state index is 0.182. The summed E-state index contributed by atoms with van der Waals surface area (Å²) in [4.78, 5) is 24.2. The molecule has 0 heterocycles. The van der Waals surface area contributed by atoms with Gasteiger partial charge in [0.2, 0.25) is 11.7 Å². The SMILES string of the molecule is CN(CC(c1ccc(Cl)cc1)c1ccc(Cl)cc1)C(=O)C=C(O)C(=O)O. The van der Waals surface area contributed by atoms with Gasteiger partial charge in [0.25, 0.3) is 0 Å². The summed E-state index contributed by atoms with van der Waals surface area (Å²) < 4.78 is 0. The highest BCUT2D eigenvalue weighted by Gasteiger charge is 2.20. The summed E-state index contributed by atoms with van der Waals surface area (Å²) in [5, 5.41) is 19.1. The van der Waals surface area contributed by atoms with E-state index in [1.807, 2.05) is 24.3 Å². The predicted molar refractivity (Wildman–Crippen MR) is 101 cm³/mol. The fraction of sp³-hybridized carbons (Fsp3) is 0.158. The first kappa shape index (κ1) is 19.8. The first-order valence-electron chi connectivity index (χ1n) is 7.68. The van der Waals surface area contributed by atoms with Crippen LogP contribution in [0.2, 0.25) is 10.0 Å². The quantitative estimate of drug-likeness (QED) is 0.571. The van der Waals surface area contributed by atoms with Gasteiger partial charge in [0.05, 0.1) is 6.08 Å². The number of hydrogen-bond acceptors (Lipinski definition) is 3. The highest BCUT2D eigenvalue weighted by atomic mass is 35.5. The molecule has 136 valence electrons. The van der Waals surface area contributed by atoms with Gasteiger partial charge < -0.3 is 15.1 Å². The number of aliphatic hydroxyl groups is 1. The minimum Gasteiger partial charge on any atom is -0.502 e. The molecule has 0 radical (unpaired) electrons. The standard InChI is InChI=1S/C19H17Cl2NO4/c1-22(18(24)10-17(23)19(25)26)11-16(12-2-6-14(20)7-3-12)13-4-8-15(21)9-5-13/h2-10,16,23H,11H2,1H3,(H,25,26). The Bertz CT molecular complexity index is 771. The van der Waals surface area contributed by atoms with Crippen LogP contribution in [0.1, 0.15) is 17.0 Å². The lowest BCUT2D eigenvalue weighted by atomic mass is 9.91. The Morgan fingerprint density at radius 3 is 1.77 bits per heavy atom. The van der Waals surface area contributed by atoms with Crippen molar-refractivity contribution in [2.45, 2.75) is 5.92 Å². The third-order valence-corrected chi connectivity index (χ3v) is 4.36. The number of amides is 1. The highest BCUT2D eigenvalue weighted by molar-refractivity contribution is 6.30. The van der Waals surface area contributed by atoms with Crippen molar-refractivity contribution in [3.8, 4) is 0 Å². The first-order chi connectivity index (χ1) is 12.3. The van der Waals surface area contributed by atoms with Crippen LogP contribution in [0.4, 0.5) is 0 Å². The van der Waals surface area contributed by atoms with Crippen molar-refractivity contribution in [2.75, 3.05) is 13.6 Å². The summed E-state index contributed by atoms with van der Waals surface area (Å²) in [6.07, 6.45) is 0.684. The van der Waals surface area contributed by atoms with Gasteiger partial charge >= 0.3 is 5.97 Å². The Kier molecular flexibility index (Phi) is 6.66. The molecule has 0 fully saturated rings. The maximum absolute atomic E-state index is 12.1. The zero-order valence-corrected chi connectivity index (χ0v) is 15.4. The molecule has 2 rings (SSSR count). The predicted octanol–water partition coefficient (Wildman–Crippen LogP) is 4.11. The van der Waals surface area contributed by atoms with E-state index in [1.165, 1.54) is 11.9 Å². The van der Waals surface area contributed by atoms with Crippen LogP contribution in [0.25, 0.3) is 0 Å². The fourth-order valence-electron chi connectivity index (χ4n) is 2.45. The minimum atomic E-state index is -1.56. The van der Waals surface area contributed by atoms with Gasteiger partial charge in [0, 0.05) is 29.6 Å². The molecule has 0 unspecified atom stereocenters. The second kappa shape index (κ2) is 8.74. The number of hydrogen-bond donors (Lipinski definition) is 2. The number of aliphatic carboxylic acids is 1. The van der Waals surface area contributed by atoms with Crippen LogP contribution in [0.3, 0.4) is 0 Å². The van der Waals surface area contributed by atoms with E-state index in [4.69, 9.17) is 28.3 Å². The number of nitrogens with zero attached hydrogens (tertiary/aromatic N) is 1. The normalized spacial score (nSPS) is 11.5. The topological polar surface area (TPSA) is 77.8 Å². The van der Waals surface area contributed by atoms with Crippen molar-refractivity contribution in [1.82, 2.24) is 4.90 Å². The molecule has 0 aliphatic carbocycles. The van der Waals surface area contributed by atoms with E-state index in [1.54, 1.807) is 24.3 Å². The van der Waals surface area contributed by atoms with Crippen molar-refractivity contribution >= 4 is 35.1 Å². The van der Waals surface area contributed by atoms with E-state index in [-0.39, 0.29) is 12.5 Å². The summed E-state index contributed by atoms with van der Waals surface area (Å²) in [6.45, 7) is 0.269. The van der Waals surface area contributed by atoms with Gasteiger partial charge in [0.1, 0.15) is 0 Å². The summed E-state index contributed by atoms with van der Waals surface area (Å²) >= 11 is 11.9. The summed E-state index contributed by atoms with van der Waals surface area (Å²) in [5.41, 5.74) is 1.87. The van der Waals surface area contributed by atoms with E-state index < -0.39 is 17.6 Å². The molecule has 2 aromatic carbocycles. The Hall–Kier alpha value is -2.50. The van der Waals surface area contributed by atoms with Crippen LogP contribution in [-0.4, -0.2) is 40.6 Å². The molecule has 0 aliphatic rings. The van der Waals surface area contributed by atoms with E-state index in [9.17, 15) is 14.7 Å². The van der Waals surface area contributed by atoms with Gasteiger partial charge in [0.15, 0.2) is 0 Å². The Balaban J connectivity index is 2.30. The van der Waals surface area contributed by atoms with Crippen molar-refractivity contribution < 1.29 is 19.8 Å². The maximum Gasteiger partial charge on any atom is 0.371 e. The zero-order chi connectivity index (χ0) is 19.3. The monoisotopic (exact) mass is 393 g/mol. The molecule has 0 saturated heterocycles. The van der Waals surface area contributed by atoms with Crippen molar-refractivity contribution in [2.24, 2.45) is 0 Å². The van der Waals surface area contributed by atoms with Crippen LogP contribution in [0.15, 0.2) is 60.4 Å². The maximum atomic E-state index is 12.1. The molecule has 0 bridgehead atoms. The van der Waals surface area contributed by atoms with Gasteiger partial charge in [-0.05, 0) is 35.4 Å². The summed E-state index contributed by atoms with van der Waals surface area (Å²) in [6, 6.07) is 14.5. The second-order valence-corrected chi connectivity index (χ2v) is 6.58. The number of benzene rings is 2. The summed E-state index contributed by atoms with van der Waals surface area (Å²) in [7, 11) is 1.53. The Labute approximate surface area is 161 Å². The average molecular weight is 394 g/mol. The summed E-state index contributed by atoms with van der Waals surface area (Å²) in [5.74, 6) is -3.35. The number of halogens is 2. The van der Waals surface area contributed by atoms with Gasteiger partial charge in [-0.25, -0.2) is 4.79 Å². The number of carbonyl (C=O) groups is 2. The lowest BCUT2D eigenvalue weighted by Crippen LogP contribution is -2.30. The number of rotatable bonds is 6. The van der Waals surface area contributed by atoms with E-state index in [2.05, 4.69) is 0 Å². The largest absolute Gasteiger partial charge is 0.502 e. The molecule has 0 aromatic heterocycles. The molecule has 0 spiro atoms. The number of likely N-dealkylation sites (N-methyl/N-ethyl adjacent to an activating group) is 1. The van der Waals surface area contributed by atoms with Gasteiger partial charge in [-0.2, -0.15) is 0 Å². The van der Waals surface area contributed by atoms with E-state index in [0.717, 1.165) is 11.1 Å². The molecule has 0 saturated carbocycles. The fourth-order valence-corrected chi connectivity index (χ4v) is 2.70. The van der Waals surface area contributed by atoms with Crippen LogP contribution in [0, 0.1) is 0 Å². The lowest BCUT2D eigenvalue weighted by molar-refractivity contribution is -0.136. The highest BCUT2D eigenvalue weighted by Crippen LogP contribution is 2.28. The third kappa shape index (κ3) is 5.25. The second-order valence-electron chi connectivity index (χ2n) is 5.71. The van der Waals surface area contributed by atoms with Gasteiger partial charge in [-0.1, -0.05) is 47.5 Å². The molecule has 1 amide bonds. The molecule has 2 N–H and O–H groups in total. The van der Waals surface area contributed by atoms with Crippen LogP contribution >= 0.6 is 23.2 Å². The van der Waals surface area contributed by atoms with Gasteiger partial charge in [-0.3, -0.25) is 4.79 Å². The lowest BCUT2D eigenvalue weighted by Gasteiger charge is -2.24. The molecule has 0 atom stereocenters. The van der Waals surface area contributed by atoms with Crippen LogP contribution in [-0.2, 0) is 9.59 Å². The van der Waals surface area contributed by atoms with Crippen molar-refractivity contribution in [3.05, 3.63) is 81.5 Å². The molecule has 0 aliphatic heterocycles. The molecule has 7 heteroatoms. The number of carbonyl (C=O) groups excluding carboxylic acids is 1. The van der Waals surface area contributed by atoms with Crippen molar-refractivity contribution in [3.63, 3.8) is 0 Å². The molecule has 26 heavy (non-hydrogen) atoms. The van der Waals surface area contributed by atoms with E-state index in [0.29, 0.717) is 16.1 Å². The van der Waals surface area contributed by atoms with Crippen molar-refractivity contribution in [1.29, 1.82) is 0 Å². The molecular weight excluding hydrogens is 377 g/mol. The number of aliphatic hydroxyl groups excluding tert-OH is 1. The molecule has 2 aromatic rings. The zero-order valence-electron chi connectivity index (χ0n) is 13.9. The number of carboxylic acid groups (broad SMARTS) is 1.